The zero-order valence-corrected chi connectivity index (χ0v) is 9.87. The first-order valence-electron chi connectivity index (χ1n) is 5.58. The summed E-state index contributed by atoms with van der Waals surface area (Å²) in [6, 6.07) is 5.84. The van der Waals surface area contributed by atoms with Gasteiger partial charge in [0, 0.05) is 6.54 Å². The Balaban J connectivity index is 2.35. The Labute approximate surface area is 105 Å². The zero-order valence-electron chi connectivity index (χ0n) is 9.87. The van der Waals surface area contributed by atoms with Gasteiger partial charge in [-0.3, -0.25) is 0 Å². The van der Waals surface area contributed by atoms with E-state index in [0.717, 1.165) is 0 Å². The average molecular weight is 255 g/mol. The molecule has 0 radical (unpaired) electrons. The van der Waals surface area contributed by atoms with Gasteiger partial charge in [-0.25, -0.2) is 4.79 Å². The van der Waals surface area contributed by atoms with E-state index in [9.17, 15) is 4.79 Å². The van der Waals surface area contributed by atoms with Crippen LogP contribution in [0.3, 0.4) is 0 Å². The molecule has 0 fully saturated rings. The van der Waals surface area contributed by atoms with Crippen molar-refractivity contribution >= 4 is 5.97 Å². The second kappa shape index (κ2) is 7.65. The van der Waals surface area contributed by atoms with Gasteiger partial charge in [0.25, 0.3) is 0 Å². The monoisotopic (exact) mass is 255 g/mol. The fourth-order valence-corrected chi connectivity index (χ4v) is 1.34. The third-order valence-corrected chi connectivity index (χ3v) is 2.33. The number of hydrogen-bond donors (Lipinski definition) is 4. The van der Waals surface area contributed by atoms with Crippen LogP contribution < -0.4 is 10.1 Å². The van der Waals surface area contributed by atoms with Crippen LogP contribution in [0.15, 0.2) is 24.3 Å². The molecular weight excluding hydrogens is 238 g/mol. The number of aromatic carboxylic acids is 1. The molecule has 0 heterocycles. The zero-order chi connectivity index (χ0) is 13.4. The van der Waals surface area contributed by atoms with Crippen molar-refractivity contribution in [2.24, 2.45) is 0 Å². The number of ether oxygens (including phenoxy) is 1. The van der Waals surface area contributed by atoms with Crippen molar-refractivity contribution in [3.8, 4) is 5.75 Å². The summed E-state index contributed by atoms with van der Waals surface area (Å²) in [5.41, 5.74) is 0.170. The van der Waals surface area contributed by atoms with Crippen molar-refractivity contribution in [2.45, 2.75) is 6.04 Å². The standard InChI is InChI=1S/C12H17NO5/c14-7-10(8-15)13-4-5-18-11-3-1-2-9(6-11)12(16)17/h1-3,6,10,13-15H,4-5,7-8H2,(H,16,17). The van der Waals surface area contributed by atoms with E-state index in [0.29, 0.717) is 18.9 Å². The minimum Gasteiger partial charge on any atom is -0.492 e. The van der Waals surface area contributed by atoms with Gasteiger partial charge in [-0.15, -0.1) is 0 Å². The van der Waals surface area contributed by atoms with E-state index in [1.54, 1.807) is 12.1 Å². The van der Waals surface area contributed by atoms with Crippen molar-refractivity contribution < 1.29 is 24.9 Å². The predicted octanol–water partition coefficient (Wildman–Crippen LogP) is -0.294. The van der Waals surface area contributed by atoms with Gasteiger partial charge in [0.1, 0.15) is 12.4 Å². The molecule has 6 nitrogen and oxygen atoms in total. The van der Waals surface area contributed by atoms with Crippen molar-refractivity contribution in [3.63, 3.8) is 0 Å². The first kappa shape index (κ1) is 14.4. The van der Waals surface area contributed by atoms with Crippen LogP contribution in [0.2, 0.25) is 0 Å². The van der Waals surface area contributed by atoms with Gasteiger partial charge in [-0.1, -0.05) is 6.07 Å². The number of carboxylic acids is 1. The Bertz CT molecular complexity index is 378. The predicted molar refractivity (Wildman–Crippen MR) is 64.9 cm³/mol. The minimum atomic E-state index is -1.00. The van der Waals surface area contributed by atoms with Crippen LogP contribution in [0.25, 0.3) is 0 Å². The summed E-state index contributed by atoms with van der Waals surface area (Å²) in [6.07, 6.45) is 0. The lowest BCUT2D eigenvalue weighted by Crippen LogP contribution is -2.38. The minimum absolute atomic E-state index is 0.148. The molecule has 18 heavy (non-hydrogen) atoms. The first-order chi connectivity index (χ1) is 8.67. The number of carbonyl (C=O) groups is 1. The van der Waals surface area contributed by atoms with Crippen molar-refractivity contribution in [3.05, 3.63) is 29.8 Å². The maximum absolute atomic E-state index is 10.7. The number of aliphatic hydroxyl groups excluding tert-OH is 2. The molecule has 0 aliphatic carbocycles. The van der Waals surface area contributed by atoms with Gasteiger partial charge >= 0.3 is 5.97 Å². The van der Waals surface area contributed by atoms with E-state index < -0.39 is 5.97 Å². The summed E-state index contributed by atoms with van der Waals surface area (Å²) in [4.78, 5) is 10.7. The molecule has 0 saturated heterocycles. The Morgan fingerprint density at radius 2 is 2.06 bits per heavy atom. The SMILES string of the molecule is O=C(O)c1cccc(OCCNC(CO)CO)c1. The fraction of sp³-hybridized carbons (Fsp3) is 0.417. The van der Waals surface area contributed by atoms with Crippen LogP contribution in [0.5, 0.6) is 5.75 Å². The third kappa shape index (κ3) is 4.70. The molecule has 100 valence electrons. The van der Waals surface area contributed by atoms with Gasteiger partial charge in [-0.05, 0) is 18.2 Å². The number of aliphatic hydroxyl groups is 2. The Morgan fingerprint density at radius 1 is 1.33 bits per heavy atom. The first-order valence-corrected chi connectivity index (χ1v) is 5.58. The molecule has 6 heteroatoms. The fourth-order valence-electron chi connectivity index (χ4n) is 1.34. The molecule has 0 aromatic heterocycles. The van der Waals surface area contributed by atoms with Crippen molar-refractivity contribution in [1.82, 2.24) is 5.32 Å². The molecule has 0 atom stereocenters. The number of rotatable bonds is 8. The molecule has 0 spiro atoms. The molecule has 0 aliphatic heterocycles. The molecule has 1 aromatic rings. The Kier molecular flexibility index (Phi) is 6.13. The highest BCUT2D eigenvalue weighted by Crippen LogP contribution is 2.12. The van der Waals surface area contributed by atoms with Gasteiger partial charge in [-0.2, -0.15) is 0 Å². The average Bonchev–Trinajstić information content (AvgIpc) is 2.39. The highest BCUT2D eigenvalue weighted by Gasteiger charge is 2.05. The summed E-state index contributed by atoms with van der Waals surface area (Å²) in [6.45, 7) is 0.471. The van der Waals surface area contributed by atoms with E-state index in [2.05, 4.69) is 5.32 Å². The second-order valence-corrected chi connectivity index (χ2v) is 3.70. The number of carboxylic acid groups (broad SMARTS) is 1. The maximum Gasteiger partial charge on any atom is 0.335 e. The lowest BCUT2D eigenvalue weighted by Gasteiger charge is -2.13. The van der Waals surface area contributed by atoms with Crippen LogP contribution in [0.4, 0.5) is 0 Å². The molecule has 0 amide bonds. The van der Waals surface area contributed by atoms with E-state index in [1.807, 2.05) is 0 Å². The second-order valence-electron chi connectivity index (χ2n) is 3.70. The Morgan fingerprint density at radius 3 is 2.67 bits per heavy atom. The molecular formula is C12H17NO5. The normalized spacial score (nSPS) is 10.6. The number of benzene rings is 1. The number of nitrogens with one attached hydrogen (secondary N) is 1. The number of hydrogen-bond acceptors (Lipinski definition) is 5. The lowest BCUT2D eigenvalue weighted by molar-refractivity contribution is 0.0696. The summed E-state index contributed by atoms with van der Waals surface area (Å²) in [5.74, 6) is -0.527. The van der Waals surface area contributed by atoms with Crippen LogP contribution in [-0.2, 0) is 0 Å². The topological polar surface area (TPSA) is 99.0 Å². The molecule has 1 aromatic carbocycles. The van der Waals surface area contributed by atoms with E-state index in [1.165, 1.54) is 12.1 Å². The highest BCUT2D eigenvalue weighted by atomic mass is 16.5. The van der Waals surface area contributed by atoms with Gasteiger partial charge < -0.3 is 25.4 Å². The summed E-state index contributed by atoms with van der Waals surface area (Å²) in [7, 11) is 0. The molecule has 4 N–H and O–H groups in total. The van der Waals surface area contributed by atoms with Crippen molar-refractivity contribution in [2.75, 3.05) is 26.4 Å². The smallest absolute Gasteiger partial charge is 0.335 e. The summed E-state index contributed by atoms with van der Waals surface area (Å²) < 4.78 is 5.35. The summed E-state index contributed by atoms with van der Waals surface area (Å²) >= 11 is 0. The van der Waals surface area contributed by atoms with Gasteiger partial charge in [0.05, 0.1) is 24.8 Å². The van der Waals surface area contributed by atoms with Crippen LogP contribution in [0.1, 0.15) is 10.4 Å². The molecule has 1 rings (SSSR count). The van der Waals surface area contributed by atoms with Crippen molar-refractivity contribution in [1.29, 1.82) is 0 Å². The molecule has 0 aliphatic rings. The van der Waals surface area contributed by atoms with E-state index in [4.69, 9.17) is 20.1 Å². The highest BCUT2D eigenvalue weighted by molar-refractivity contribution is 5.87. The Hall–Kier alpha value is -1.63. The van der Waals surface area contributed by atoms with Gasteiger partial charge in [0.15, 0.2) is 0 Å². The maximum atomic E-state index is 10.7. The largest absolute Gasteiger partial charge is 0.492 e. The molecule has 0 bridgehead atoms. The third-order valence-electron chi connectivity index (χ3n) is 2.33. The summed E-state index contributed by atoms with van der Waals surface area (Å²) in [5, 5.41) is 29.3. The molecule has 0 unspecified atom stereocenters. The van der Waals surface area contributed by atoms with Crippen LogP contribution in [0, 0.1) is 0 Å². The quantitative estimate of drug-likeness (QED) is 0.476. The van der Waals surface area contributed by atoms with Gasteiger partial charge in [0.2, 0.25) is 0 Å². The van der Waals surface area contributed by atoms with Crippen LogP contribution in [-0.4, -0.2) is 53.7 Å². The lowest BCUT2D eigenvalue weighted by atomic mass is 10.2. The van der Waals surface area contributed by atoms with Crippen LogP contribution >= 0.6 is 0 Å². The van der Waals surface area contributed by atoms with E-state index in [-0.39, 0.29) is 24.8 Å². The molecule has 0 saturated carbocycles. The van der Waals surface area contributed by atoms with E-state index >= 15 is 0 Å².